The summed E-state index contributed by atoms with van der Waals surface area (Å²) in [6.45, 7) is 9.25. The van der Waals surface area contributed by atoms with Gasteiger partial charge in [0.15, 0.2) is 0 Å². The van der Waals surface area contributed by atoms with E-state index in [9.17, 15) is 5.11 Å². The molecule has 1 heterocycles. The van der Waals surface area contributed by atoms with Gasteiger partial charge in [-0.3, -0.25) is 0 Å². The lowest BCUT2D eigenvalue weighted by molar-refractivity contribution is -0.00159. The van der Waals surface area contributed by atoms with Gasteiger partial charge in [-0.05, 0) is 51.7 Å². The van der Waals surface area contributed by atoms with Crippen LogP contribution in [0.4, 0.5) is 0 Å². The highest BCUT2D eigenvalue weighted by Crippen LogP contribution is 2.35. The maximum atomic E-state index is 10.2. The van der Waals surface area contributed by atoms with Crippen LogP contribution < -0.4 is 5.32 Å². The van der Waals surface area contributed by atoms with Crippen molar-refractivity contribution in [1.82, 2.24) is 10.2 Å². The van der Waals surface area contributed by atoms with E-state index in [1.54, 1.807) is 0 Å². The van der Waals surface area contributed by atoms with Gasteiger partial charge in [-0.1, -0.05) is 26.7 Å². The SMILES string of the molecule is CCCN1CCC(NCC2(C)CCCCC2O)CC1. The van der Waals surface area contributed by atoms with Crippen molar-refractivity contribution in [2.24, 2.45) is 5.41 Å². The smallest absolute Gasteiger partial charge is 0.0605 e. The van der Waals surface area contributed by atoms with E-state index >= 15 is 0 Å². The lowest BCUT2D eigenvalue weighted by atomic mass is 9.73. The van der Waals surface area contributed by atoms with Crippen LogP contribution in [0.3, 0.4) is 0 Å². The number of aliphatic hydroxyl groups is 1. The van der Waals surface area contributed by atoms with Crippen LogP contribution in [0.15, 0.2) is 0 Å². The van der Waals surface area contributed by atoms with Crippen LogP contribution in [-0.4, -0.2) is 48.3 Å². The van der Waals surface area contributed by atoms with Crippen LogP contribution in [0, 0.1) is 5.41 Å². The third-order valence-corrected chi connectivity index (χ3v) is 5.20. The van der Waals surface area contributed by atoms with Crippen molar-refractivity contribution >= 4 is 0 Å². The molecule has 112 valence electrons. The van der Waals surface area contributed by atoms with Crippen molar-refractivity contribution in [2.45, 2.75) is 70.9 Å². The molecule has 2 aliphatic rings. The Kier molecular flexibility index (Phi) is 5.67. The Morgan fingerprint density at radius 1 is 1.21 bits per heavy atom. The summed E-state index contributed by atoms with van der Waals surface area (Å²) in [5, 5.41) is 14.0. The van der Waals surface area contributed by atoms with E-state index in [2.05, 4.69) is 24.1 Å². The zero-order valence-electron chi connectivity index (χ0n) is 12.8. The maximum absolute atomic E-state index is 10.2. The minimum atomic E-state index is -0.103. The van der Waals surface area contributed by atoms with Gasteiger partial charge in [-0.2, -0.15) is 0 Å². The maximum Gasteiger partial charge on any atom is 0.0605 e. The molecule has 0 radical (unpaired) electrons. The van der Waals surface area contributed by atoms with Gasteiger partial charge in [0.2, 0.25) is 0 Å². The lowest BCUT2D eigenvalue weighted by Crippen LogP contribution is -2.49. The van der Waals surface area contributed by atoms with Crippen LogP contribution >= 0.6 is 0 Å². The second-order valence-corrected chi connectivity index (χ2v) is 6.91. The van der Waals surface area contributed by atoms with Gasteiger partial charge < -0.3 is 15.3 Å². The van der Waals surface area contributed by atoms with E-state index in [1.165, 1.54) is 58.2 Å². The molecule has 2 N–H and O–H groups in total. The van der Waals surface area contributed by atoms with E-state index in [1.807, 2.05) is 0 Å². The molecule has 3 heteroatoms. The summed E-state index contributed by atoms with van der Waals surface area (Å²) in [5.41, 5.74) is 0.110. The fourth-order valence-corrected chi connectivity index (χ4v) is 3.64. The Hall–Kier alpha value is -0.120. The van der Waals surface area contributed by atoms with Crippen LogP contribution in [0.5, 0.6) is 0 Å². The highest BCUT2D eigenvalue weighted by molar-refractivity contribution is 4.89. The van der Waals surface area contributed by atoms with Gasteiger partial charge in [-0.15, -0.1) is 0 Å². The zero-order valence-corrected chi connectivity index (χ0v) is 12.8. The Labute approximate surface area is 118 Å². The molecule has 2 unspecified atom stereocenters. The highest BCUT2D eigenvalue weighted by Gasteiger charge is 2.35. The molecule has 2 rings (SSSR count). The summed E-state index contributed by atoms with van der Waals surface area (Å²) < 4.78 is 0. The molecule has 19 heavy (non-hydrogen) atoms. The van der Waals surface area contributed by atoms with Gasteiger partial charge in [0.05, 0.1) is 6.10 Å². The van der Waals surface area contributed by atoms with Crippen molar-refractivity contribution in [3.63, 3.8) is 0 Å². The molecule has 0 amide bonds. The third kappa shape index (κ3) is 4.17. The van der Waals surface area contributed by atoms with E-state index in [0.717, 1.165) is 13.0 Å². The number of aliphatic hydroxyl groups excluding tert-OH is 1. The van der Waals surface area contributed by atoms with E-state index < -0.39 is 0 Å². The first-order valence-corrected chi connectivity index (χ1v) is 8.28. The van der Waals surface area contributed by atoms with Gasteiger partial charge in [0.25, 0.3) is 0 Å². The molecule has 2 fully saturated rings. The normalized spacial score (nSPS) is 34.6. The molecule has 0 aromatic heterocycles. The molecule has 1 saturated carbocycles. The molecule has 0 bridgehead atoms. The summed E-state index contributed by atoms with van der Waals surface area (Å²) in [6.07, 6.45) is 8.36. The Balaban J connectivity index is 1.71. The van der Waals surface area contributed by atoms with Gasteiger partial charge >= 0.3 is 0 Å². The number of hydrogen-bond acceptors (Lipinski definition) is 3. The Morgan fingerprint density at radius 3 is 2.58 bits per heavy atom. The first-order chi connectivity index (χ1) is 9.14. The molecule has 0 aromatic carbocycles. The molecule has 1 saturated heterocycles. The number of likely N-dealkylation sites (tertiary alicyclic amines) is 1. The van der Waals surface area contributed by atoms with Crippen molar-refractivity contribution < 1.29 is 5.11 Å². The van der Waals surface area contributed by atoms with Gasteiger partial charge in [-0.25, -0.2) is 0 Å². The fraction of sp³-hybridized carbons (Fsp3) is 1.00. The Morgan fingerprint density at radius 2 is 1.95 bits per heavy atom. The quantitative estimate of drug-likeness (QED) is 0.803. The highest BCUT2D eigenvalue weighted by atomic mass is 16.3. The number of rotatable bonds is 5. The average molecular weight is 268 g/mol. The summed E-state index contributed by atoms with van der Waals surface area (Å²) >= 11 is 0. The molecule has 0 aromatic rings. The predicted molar refractivity (Wildman–Crippen MR) is 80.3 cm³/mol. The van der Waals surface area contributed by atoms with E-state index in [4.69, 9.17) is 0 Å². The fourth-order valence-electron chi connectivity index (χ4n) is 3.64. The van der Waals surface area contributed by atoms with Crippen molar-refractivity contribution in [3.8, 4) is 0 Å². The minimum Gasteiger partial charge on any atom is -0.393 e. The van der Waals surface area contributed by atoms with Gasteiger partial charge in [0, 0.05) is 18.0 Å². The van der Waals surface area contributed by atoms with Crippen molar-refractivity contribution in [3.05, 3.63) is 0 Å². The number of nitrogens with zero attached hydrogens (tertiary/aromatic N) is 1. The number of nitrogens with one attached hydrogen (secondary N) is 1. The summed E-state index contributed by atoms with van der Waals surface area (Å²) in [7, 11) is 0. The Bertz CT molecular complexity index is 263. The zero-order chi connectivity index (χ0) is 13.7. The van der Waals surface area contributed by atoms with Crippen molar-refractivity contribution in [1.29, 1.82) is 0 Å². The second kappa shape index (κ2) is 7.05. The molecule has 2 atom stereocenters. The predicted octanol–water partition coefficient (Wildman–Crippen LogP) is 2.39. The monoisotopic (exact) mass is 268 g/mol. The average Bonchev–Trinajstić information content (AvgIpc) is 2.42. The molecular weight excluding hydrogens is 236 g/mol. The summed E-state index contributed by atoms with van der Waals surface area (Å²) in [4.78, 5) is 2.58. The third-order valence-electron chi connectivity index (χ3n) is 5.20. The van der Waals surface area contributed by atoms with Crippen LogP contribution in [-0.2, 0) is 0 Å². The molecule has 1 aliphatic heterocycles. The second-order valence-electron chi connectivity index (χ2n) is 6.91. The standard InChI is InChI=1S/C16H32N2O/c1-3-10-18-11-7-14(8-12-18)17-13-16(2)9-5-4-6-15(16)19/h14-15,17,19H,3-13H2,1-2H3. The van der Waals surface area contributed by atoms with Crippen molar-refractivity contribution in [2.75, 3.05) is 26.2 Å². The molecular formula is C16H32N2O. The summed E-state index contributed by atoms with van der Waals surface area (Å²) in [6, 6.07) is 0.666. The van der Waals surface area contributed by atoms with Gasteiger partial charge in [0.1, 0.15) is 0 Å². The molecule has 3 nitrogen and oxygen atoms in total. The number of hydrogen-bond donors (Lipinski definition) is 2. The largest absolute Gasteiger partial charge is 0.393 e. The lowest BCUT2D eigenvalue weighted by Gasteiger charge is -2.41. The summed E-state index contributed by atoms with van der Waals surface area (Å²) in [5.74, 6) is 0. The van der Waals surface area contributed by atoms with Crippen LogP contribution in [0.2, 0.25) is 0 Å². The molecule has 0 spiro atoms. The van der Waals surface area contributed by atoms with Crippen LogP contribution in [0.1, 0.15) is 58.8 Å². The molecule has 1 aliphatic carbocycles. The first-order valence-electron chi connectivity index (χ1n) is 8.28. The van der Waals surface area contributed by atoms with E-state index in [0.29, 0.717) is 6.04 Å². The first kappa shape index (κ1) is 15.3. The topological polar surface area (TPSA) is 35.5 Å². The minimum absolute atomic E-state index is 0.103. The van der Waals surface area contributed by atoms with E-state index in [-0.39, 0.29) is 11.5 Å². The van der Waals surface area contributed by atoms with Crippen LogP contribution in [0.25, 0.3) is 0 Å². The number of piperidine rings is 1.